The molecule has 0 unspecified atom stereocenters. The number of rotatable bonds is 10. The predicted octanol–water partition coefficient (Wildman–Crippen LogP) is 0.289. The number of anilines is 1. The van der Waals surface area contributed by atoms with Gasteiger partial charge in [0.1, 0.15) is 0 Å². The van der Waals surface area contributed by atoms with Crippen LogP contribution in [-0.4, -0.2) is 51.4 Å². The lowest BCUT2D eigenvalue weighted by atomic mass is 10.3. The summed E-state index contributed by atoms with van der Waals surface area (Å²) in [6.07, 6.45) is 0. The van der Waals surface area contributed by atoms with Gasteiger partial charge in [0, 0.05) is 22.9 Å². The zero-order chi connectivity index (χ0) is 14.8. The van der Waals surface area contributed by atoms with Gasteiger partial charge in [0.2, 0.25) is 10.0 Å². The van der Waals surface area contributed by atoms with Crippen molar-refractivity contribution in [2.75, 3.05) is 43.6 Å². The Bertz CT molecular complexity index is 477. The zero-order valence-electron chi connectivity index (χ0n) is 11.1. The second kappa shape index (κ2) is 9.19. The van der Waals surface area contributed by atoms with E-state index < -0.39 is 10.0 Å². The molecule has 0 aliphatic carbocycles. The molecule has 0 radical (unpaired) electrons. The van der Waals surface area contributed by atoms with E-state index in [1.165, 1.54) is 11.8 Å². The van der Waals surface area contributed by atoms with Crippen LogP contribution in [0.3, 0.4) is 0 Å². The maximum absolute atomic E-state index is 11.7. The fourth-order valence-electron chi connectivity index (χ4n) is 1.34. The Morgan fingerprint density at radius 2 is 1.95 bits per heavy atom. The second-order valence-electron chi connectivity index (χ2n) is 3.97. The van der Waals surface area contributed by atoms with E-state index in [0.29, 0.717) is 11.4 Å². The van der Waals surface area contributed by atoms with Crippen LogP contribution in [0, 0.1) is 0 Å². The molecule has 20 heavy (non-hydrogen) atoms. The summed E-state index contributed by atoms with van der Waals surface area (Å²) in [6.45, 7) is 0.624. The predicted molar refractivity (Wildman–Crippen MR) is 81.3 cm³/mol. The number of sulfonamides is 1. The van der Waals surface area contributed by atoms with Gasteiger partial charge in [-0.3, -0.25) is 0 Å². The Labute approximate surface area is 123 Å². The van der Waals surface area contributed by atoms with Crippen molar-refractivity contribution in [1.29, 1.82) is 0 Å². The first-order valence-electron chi connectivity index (χ1n) is 6.18. The topological polar surface area (TPSA) is 102 Å². The molecule has 4 N–H and O–H groups in total. The summed E-state index contributed by atoms with van der Waals surface area (Å²) in [7, 11) is -3.29. The molecule has 0 aliphatic heterocycles. The largest absolute Gasteiger partial charge is 0.399 e. The van der Waals surface area contributed by atoms with Crippen LogP contribution in [0.25, 0.3) is 0 Å². The van der Waals surface area contributed by atoms with Gasteiger partial charge in [0.05, 0.1) is 25.6 Å². The molecule has 1 rings (SSSR count). The molecule has 0 spiro atoms. The van der Waals surface area contributed by atoms with Crippen LogP contribution in [0.1, 0.15) is 0 Å². The molecule has 1 aromatic rings. The van der Waals surface area contributed by atoms with Crippen molar-refractivity contribution in [1.82, 2.24) is 4.72 Å². The lowest BCUT2D eigenvalue weighted by Gasteiger charge is -2.07. The molecule has 0 aromatic heterocycles. The molecule has 0 saturated heterocycles. The van der Waals surface area contributed by atoms with E-state index in [0.717, 1.165) is 4.90 Å². The van der Waals surface area contributed by atoms with E-state index in [1.54, 1.807) is 12.1 Å². The summed E-state index contributed by atoms with van der Waals surface area (Å²) in [5.41, 5.74) is 6.26. The van der Waals surface area contributed by atoms with Crippen molar-refractivity contribution < 1.29 is 18.3 Å². The lowest BCUT2D eigenvalue weighted by Crippen LogP contribution is -2.30. The molecule has 114 valence electrons. The van der Waals surface area contributed by atoms with Crippen molar-refractivity contribution >= 4 is 27.5 Å². The van der Waals surface area contributed by atoms with Crippen LogP contribution >= 0.6 is 11.8 Å². The molecule has 0 atom stereocenters. The van der Waals surface area contributed by atoms with Crippen LogP contribution in [0.4, 0.5) is 5.69 Å². The summed E-state index contributed by atoms with van der Waals surface area (Å²) >= 11 is 1.46. The number of nitrogen functional groups attached to an aromatic ring is 1. The van der Waals surface area contributed by atoms with Crippen molar-refractivity contribution in [2.24, 2.45) is 0 Å². The zero-order valence-corrected chi connectivity index (χ0v) is 12.8. The molecule has 0 amide bonds. The first-order valence-corrected chi connectivity index (χ1v) is 8.81. The minimum atomic E-state index is -3.29. The monoisotopic (exact) mass is 320 g/mol. The number of nitrogens with two attached hydrogens (primary N) is 1. The Kier molecular flexibility index (Phi) is 7.93. The minimum Gasteiger partial charge on any atom is -0.399 e. The van der Waals surface area contributed by atoms with E-state index in [4.69, 9.17) is 15.6 Å². The van der Waals surface area contributed by atoms with E-state index in [-0.39, 0.29) is 32.1 Å². The van der Waals surface area contributed by atoms with Crippen molar-refractivity contribution in [3.05, 3.63) is 24.3 Å². The standard InChI is InChI=1S/C12H20N2O4S2/c13-11-1-3-12(4-2-11)19-9-10-20(16,17)14-5-7-18-8-6-15/h1-4,14-15H,5-10,13H2. The Morgan fingerprint density at radius 3 is 2.60 bits per heavy atom. The van der Waals surface area contributed by atoms with Gasteiger partial charge in [-0.15, -0.1) is 11.8 Å². The number of hydrogen-bond donors (Lipinski definition) is 3. The van der Waals surface area contributed by atoms with Gasteiger partial charge in [-0.05, 0) is 24.3 Å². The summed E-state index contributed by atoms with van der Waals surface area (Å²) in [6, 6.07) is 7.30. The van der Waals surface area contributed by atoms with Gasteiger partial charge in [-0.25, -0.2) is 13.1 Å². The highest BCUT2D eigenvalue weighted by Gasteiger charge is 2.09. The van der Waals surface area contributed by atoms with Crippen LogP contribution in [0.2, 0.25) is 0 Å². The molecular weight excluding hydrogens is 300 g/mol. The molecule has 0 fully saturated rings. The van der Waals surface area contributed by atoms with Crippen LogP contribution in [-0.2, 0) is 14.8 Å². The first kappa shape index (κ1) is 17.3. The van der Waals surface area contributed by atoms with Crippen molar-refractivity contribution in [3.8, 4) is 0 Å². The van der Waals surface area contributed by atoms with E-state index in [9.17, 15) is 8.42 Å². The van der Waals surface area contributed by atoms with Gasteiger partial charge >= 0.3 is 0 Å². The second-order valence-corrected chi connectivity index (χ2v) is 7.06. The van der Waals surface area contributed by atoms with Crippen LogP contribution < -0.4 is 10.5 Å². The highest BCUT2D eigenvalue weighted by molar-refractivity contribution is 8.00. The fraction of sp³-hybridized carbons (Fsp3) is 0.500. The summed E-state index contributed by atoms with van der Waals surface area (Å²) in [5, 5.41) is 8.49. The van der Waals surface area contributed by atoms with E-state index >= 15 is 0 Å². The highest BCUT2D eigenvalue weighted by Crippen LogP contribution is 2.19. The number of aliphatic hydroxyl groups is 1. The number of nitrogens with one attached hydrogen (secondary N) is 1. The SMILES string of the molecule is Nc1ccc(SCCS(=O)(=O)NCCOCCO)cc1. The third-order valence-electron chi connectivity index (χ3n) is 2.30. The summed E-state index contributed by atoms with van der Waals surface area (Å²) in [4.78, 5) is 0.987. The maximum Gasteiger partial charge on any atom is 0.212 e. The fourth-order valence-corrected chi connectivity index (χ4v) is 3.66. The molecule has 6 nitrogen and oxygen atoms in total. The van der Waals surface area contributed by atoms with Crippen molar-refractivity contribution in [3.63, 3.8) is 0 Å². The normalized spacial score (nSPS) is 11.7. The maximum atomic E-state index is 11.7. The van der Waals surface area contributed by atoms with E-state index in [1.807, 2.05) is 12.1 Å². The summed E-state index contributed by atoms with van der Waals surface area (Å²) in [5.74, 6) is 0.513. The molecule has 0 aliphatic rings. The number of ether oxygens (including phenoxy) is 1. The van der Waals surface area contributed by atoms with Crippen LogP contribution in [0.5, 0.6) is 0 Å². The number of thioether (sulfide) groups is 1. The average molecular weight is 320 g/mol. The number of aliphatic hydroxyl groups excluding tert-OH is 1. The van der Waals surface area contributed by atoms with Crippen molar-refractivity contribution in [2.45, 2.75) is 4.90 Å². The third-order valence-corrected chi connectivity index (χ3v) is 4.96. The third kappa shape index (κ3) is 7.71. The first-order chi connectivity index (χ1) is 9.53. The van der Waals surface area contributed by atoms with Gasteiger partial charge in [-0.2, -0.15) is 0 Å². The Balaban J connectivity index is 2.20. The average Bonchev–Trinajstić information content (AvgIpc) is 2.40. The molecule has 8 heteroatoms. The van der Waals surface area contributed by atoms with E-state index in [2.05, 4.69) is 4.72 Å². The number of benzene rings is 1. The molecule has 0 bridgehead atoms. The molecule has 1 aromatic carbocycles. The van der Waals surface area contributed by atoms with Gasteiger partial charge < -0.3 is 15.6 Å². The molecule has 0 saturated carbocycles. The molecule has 0 heterocycles. The number of hydrogen-bond acceptors (Lipinski definition) is 6. The van der Waals surface area contributed by atoms with Gasteiger partial charge in [-0.1, -0.05) is 0 Å². The van der Waals surface area contributed by atoms with Gasteiger partial charge in [0.25, 0.3) is 0 Å². The quantitative estimate of drug-likeness (QED) is 0.325. The highest BCUT2D eigenvalue weighted by atomic mass is 32.2. The lowest BCUT2D eigenvalue weighted by molar-refractivity contribution is 0.0961. The smallest absolute Gasteiger partial charge is 0.212 e. The van der Waals surface area contributed by atoms with Gasteiger partial charge in [0.15, 0.2) is 0 Å². The van der Waals surface area contributed by atoms with Crippen LogP contribution in [0.15, 0.2) is 29.2 Å². The molecular formula is C12H20N2O4S2. The Hall–Kier alpha value is -0.800. The Morgan fingerprint density at radius 1 is 1.25 bits per heavy atom. The summed E-state index contributed by atoms with van der Waals surface area (Å²) < 4.78 is 30.7. The minimum absolute atomic E-state index is 0.0437.